The number of nitrogens with zero attached hydrogens (tertiary/aromatic N) is 1. The van der Waals surface area contributed by atoms with Crippen molar-refractivity contribution < 1.29 is 14.3 Å². The van der Waals surface area contributed by atoms with Gasteiger partial charge in [-0.15, -0.1) is 11.3 Å². The first-order chi connectivity index (χ1) is 14.1. The van der Waals surface area contributed by atoms with E-state index in [1.54, 1.807) is 37.4 Å². The van der Waals surface area contributed by atoms with Crippen LogP contribution in [0.5, 0.6) is 5.75 Å². The Kier molecular flexibility index (Phi) is 5.31. The lowest BCUT2D eigenvalue weighted by atomic mass is 10.2. The highest BCUT2D eigenvalue weighted by Crippen LogP contribution is 2.22. The van der Waals surface area contributed by atoms with Gasteiger partial charge < -0.3 is 19.9 Å². The molecular weight excluding hydrogens is 386 g/mol. The van der Waals surface area contributed by atoms with Gasteiger partial charge in [0.05, 0.1) is 12.0 Å². The number of carbonyl (C=O) groups excluding carboxylic acids is 2. The van der Waals surface area contributed by atoms with Gasteiger partial charge in [0.15, 0.2) is 0 Å². The number of thiophene rings is 1. The Morgan fingerprint density at radius 1 is 1.00 bits per heavy atom. The van der Waals surface area contributed by atoms with Crippen LogP contribution >= 0.6 is 11.3 Å². The smallest absolute Gasteiger partial charge is 0.265 e. The second-order valence-corrected chi connectivity index (χ2v) is 7.37. The highest BCUT2D eigenvalue weighted by atomic mass is 32.1. The van der Waals surface area contributed by atoms with E-state index in [0.29, 0.717) is 16.3 Å². The van der Waals surface area contributed by atoms with Gasteiger partial charge >= 0.3 is 0 Å². The largest absolute Gasteiger partial charge is 0.497 e. The molecule has 0 spiro atoms. The molecule has 7 heteroatoms. The van der Waals surface area contributed by atoms with E-state index in [9.17, 15) is 9.59 Å². The van der Waals surface area contributed by atoms with Gasteiger partial charge in [-0.3, -0.25) is 9.59 Å². The fourth-order valence-electron chi connectivity index (χ4n) is 3.04. The maximum absolute atomic E-state index is 12.4. The highest BCUT2D eigenvalue weighted by molar-refractivity contribution is 7.12. The van der Waals surface area contributed by atoms with Crippen molar-refractivity contribution in [3.05, 3.63) is 77.1 Å². The normalized spacial score (nSPS) is 10.7. The third-order valence-electron chi connectivity index (χ3n) is 4.46. The lowest BCUT2D eigenvalue weighted by Gasteiger charge is -2.09. The Hall–Kier alpha value is -3.58. The van der Waals surface area contributed by atoms with E-state index in [2.05, 4.69) is 10.6 Å². The predicted octanol–water partition coefficient (Wildman–Crippen LogP) is 4.60. The summed E-state index contributed by atoms with van der Waals surface area (Å²) in [5, 5.41) is 8.59. The fraction of sp³-hybridized carbons (Fsp3) is 0.0909. The van der Waals surface area contributed by atoms with Crippen molar-refractivity contribution in [2.75, 3.05) is 17.7 Å². The van der Waals surface area contributed by atoms with E-state index >= 15 is 0 Å². The molecule has 0 aliphatic heterocycles. The number of rotatable bonds is 6. The monoisotopic (exact) mass is 405 g/mol. The minimum Gasteiger partial charge on any atom is -0.497 e. The van der Waals surface area contributed by atoms with Gasteiger partial charge in [-0.25, -0.2) is 0 Å². The number of fused-ring (bicyclic) bond motifs is 1. The summed E-state index contributed by atoms with van der Waals surface area (Å²) < 4.78 is 7.12. The number of aromatic nitrogens is 1. The summed E-state index contributed by atoms with van der Waals surface area (Å²) in [4.78, 5) is 25.2. The molecular formula is C22H19N3O3S. The number of anilines is 2. The minimum absolute atomic E-state index is 0.131. The number of carbonyl (C=O) groups is 2. The van der Waals surface area contributed by atoms with Crippen molar-refractivity contribution >= 4 is 45.4 Å². The van der Waals surface area contributed by atoms with Crippen molar-refractivity contribution in [1.29, 1.82) is 0 Å². The van der Waals surface area contributed by atoms with Crippen LogP contribution in [0.25, 0.3) is 10.9 Å². The van der Waals surface area contributed by atoms with Crippen molar-refractivity contribution in [3.63, 3.8) is 0 Å². The zero-order valence-corrected chi connectivity index (χ0v) is 16.5. The molecule has 0 unspecified atom stereocenters. The number of benzene rings is 2. The third kappa shape index (κ3) is 4.30. The van der Waals surface area contributed by atoms with Crippen LogP contribution in [0.2, 0.25) is 0 Å². The average molecular weight is 405 g/mol. The maximum atomic E-state index is 12.4. The first kappa shape index (κ1) is 18.8. The van der Waals surface area contributed by atoms with Crippen LogP contribution in [0.3, 0.4) is 0 Å². The second-order valence-electron chi connectivity index (χ2n) is 6.43. The number of nitrogens with one attached hydrogen (secondary N) is 2. The summed E-state index contributed by atoms with van der Waals surface area (Å²) in [6.45, 7) is 0.201. The standard InChI is InChI=1S/C22H19N3O3S/c1-28-18-8-9-19-15(13-18)10-11-25(19)14-21(26)23-16-4-6-17(7-5-16)24-22(27)20-3-2-12-29-20/h2-13H,14H2,1H3,(H,23,26)(H,24,27). The number of hydrogen-bond donors (Lipinski definition) is 2. The molecule has 2 N–H and O–H groups in total. The first-order valence-corrected chi connectivity index (χ1v) is 9.88. The molecule has 0 saturated heterocycles. The molecule has 29 heavy (non-hydrogen) atoms. The number of hydrogen-bond acceptors (Lipinski definition) is 4. The fourth-order valence-corrected chi connectivity index (χ4v) is 3.65. The molecule has 0 aliphatic carbocycles. The van der Waals surface area contributed by atoms with Crippen molar-refractivity contribution in [1.82, 2.24) is 4.57 Å². The molecule has 0 radical (unpaired) electrons. The molecule has 2 aromatic carbocycles. The van der Waals surface area contributed by atoms with Gasteiger partial charge in [-0.2, -0.15) is 0 Å². The quantitative estimate of drug-likeness (QED) is 0.492. The van der Waals surface area contributed by atoms with Crippen LogP contribution in [-0.4, -0.2) is 23.5 Å². The van der Waals surface area contributed by atoms with Crippen molar-refractivity contribution in [2.24, 2.45) is 0 Å². The number of ether oxygens (including phenoxy) is 1. The van der Waals surface area contributed by atoms with Crippen LogP contribution < -0.4 is 15.4 Å². The zero-order valence-electron chi connectivity index (χ0n) is 15.7. The first-order valence-electron chi connectivity index (χ1n) is 9.00. The molecule has 0 atom stereocenters. The lowest BCUT2D eigenvalue weighted by Crippen LogP contribution is -2.18. The zero-order chi connectivity index (χ0) is 20.2. The average Bonchev–Trinajstić information content (AvgIpc) is 3.39. The number of methoxy groups -OCH3 is 1. The van der Waals surface area contributed by atoms with Gasteiger partial charge in [0.1, 0.15) is 12.3 Å². The van der Waals surface area contributed by atoms with Gasteiger partial charge in [0.25, 0.3) is 5.91 Å². The van der Waals surface area contributed by atoms with Gasteiger partial charge in [0.2, 0.25) is 5.91 Å². The van der Waals surface area contributed by atoms with E-state index in [0.717, 1.165) is 16.7 Å². The molecule has 6 nitrogen and oxygen atoms in total. The molecule has 4 aromatic rings. The molecule has 0 bridgehead atoms. The summed E-state index contributed by atoms with van der Waals surface area (Å²) in [6, 6.07) is 18.4. The molecule has 2 heterocycles. The number of amides is 2. The van der Waals surface area contributed by atoms with E-state index in [4.69, 9.17) is 4.74 Å². The van der Waals surface area contributed by atoms with Crippen LogP contribution in [0.15, 0.2) is 72.2 Å². The molecule has 0 aliphatic rings. The molecule has 4 rings (SSSR count). The lowest BCUT2D eigenvalue weighted by molar-refractivity contribution is -0.116. The topological polar surface area (TPSA) is 72.4 Å². The second kappa shape index (κ2) is 8.20. The van der Waals surface area contributed by atoms with Crippen LogP contribution in [0.4, 0.5) is 11.4 Å². The summed E-state index contributed by atoms with van der Waals surface area (Å²) in [5.41, 5.74) is 2.31. The van der Waals surface area contributed by atoms with E-state index in [1.807, 2.05) is 46.5 Å². The van der Waals surface area contributed by atoms with Gasteiger partial charge in [-0.1, -0.05) is 6.07 Å². The molecule has 146 valence electrons. The summed E-state index contributed by atoms with van der Waals surface area (Å²) in [5.74, 6) is 0.507. The Bertz CT molecular complexity index is 1150. The highest BCUT2D eigenvalue weighted by Gasteiger charge is 2.09. The van der Waals surface area contributed by atoms with E-state index < -0.39 is 0 Å². The maximum Gasteiger partial charge on any atom is 0.265 e. The Labute approximate surface area is 171 Å². The van der Waals surface area contributed by atoms with Gasteiger partial charge in [0, 0.05) is 28.5 Å². The van der Waals surface area contributed by atoms with Gasteiger partial charge in [-0.05, 0) is 60.0 Å². The van der Waals surface area contributed by atoms with Crippen LogP contribution in [-0.2, 0) is 11.3 Å². The van der Waals surface area contributed by atoms with E-state index in [-0.39, 0.29) is 18.4 Å². The summed E-state index contributed by atoms with van der Waals surface area (Å²) in [7, 11) is 1.63. The molecule has 2 aromatic heterocycles. The van der Waals surface area contributed by atoms with Crippen molar-refractivity contribution in [3.8, 4) is 5.75 Å². The summed E-state index contributed by atoms with van der Waals surface area (Å²) >= 11 is 1.39. The predicted molar refractivity (Wildman–Crippen MR) is 116 cm³/mol. The molecule has 2 amide bonds. The minimum atomic E-state index is -0.145. The molecule has 0 saturated carbocycles. The summed E-state index contributed by atoms with van der Waals surface area (Å²) in [6.07, 6.45) is 1.88. The Morgan fingerprint density at radius 2 is 1.76 bits per heavy atom. The SMILES string of the molecule is COc1ccc2c(ccn2CC(=O)Nc2ccc(NC(=O)c3cccs3)cc2)c1. The van der Waals surface area contributed by atoms with Crippen LogP contribution in [0, 0.1) is 0 Å². The van der Waals surface area contributed by atoms with E-state index in [1.165, 1.54) is 11.3 Å². The Morgan fingerprint density at radius 3 is 2.45 bits per heavy atom. The Balaban J connectivity index is 1.38. The third-order valence-corrected chi connectivity index (χ3v) is 5.33. The molecule has 0 fully saturated rings. The van der Waals surface area contributed by atoms with Crippen LogP contribution in [0.1, 0.15) is 9.67 Å². The van der Waals surface area contributed by atoms with Crippen molar-refractivity contribution in [2.45, 2.75) is 6.54 Å².